The van der Waals surface area contributed by atoms with Gasteiger partial charge < -0.3 is 5.32 Å². The molecule has 1 aliphatic heterocycles. The summed E-state index contributed by atoms with van der Waals surface area (Å²) in [5, 5.41) is 2.69. The minimum absolute atomic E-state index is 0.0281. The largest absolute Gasteiger partial charge is 0.356 e. The molecular formula is C11H11F2NO. The molecule has 0 aromatic heterocycles. The van der Waals surface area contributed by atoms with Crippen molar-refractivity contribution in [3.8, 4) is 0 Å². The van der Waals surface area contributed by atoms with Gasteiger partial charge in [0.25, 0.3) is 0 Å². The summed E-state index contributed by atoms with van der Waals surface area (Å²) >= 11 is 0. The van der Waals surface area contributed by atoms with Gasteiger partial charge in [-0.2, -0.15) is 0 Å². The van der Waals surface area contributed by atoms with Crippen LogP contribution in [0.2, 0.25) is 0 Å². The topological polar surface area (TPSA) is 29.1 Å². The lowest BCUT2D eigenvalue weighted by Crippen LogP contribution is -2.20. The van der Waals surface area contributed by atoms with Gasteiger partial charge in [0.15, 0.2) is 0 Å². The van der Waals surface area contributed by atoms with Crippen LogP contribution in [0.3, 0.4) is 0 Å². The lowest BCUT2D eigenvalue weighted by Gasteiger charge is -2.06. The number of hydrogen-bond acceptors (Lipinski definition) is 1. The van der Waals surface area contributed by atoms with E-state index in [1.54, 1.807) is 0 Å². The maximum Gasteiger partial charge on any atom is 0.223 e. The van der Waals surface area contributed by atoms with Crippen LogP contribution in [0.15, 0.2) is 18.2 Å². The Morgan fingerprint density at radius 1 is 1.27 bits per heavy atom. The first-order valence-corrected chi connectivity index (χ1v) is 4.88. The van der Waals surface area contributed by atoms with Crippen molar-refractivity contribution >= 4 is 5.91 Å². The molecule has 0 bridgehead atoms. The highest BCUT2D eigenvalue weighted by Gasteiger charge is 2.24. The predicted molar refractivity (Wildman–Crippen MR) is 51.2 cm³/mol. The van der Waals surface area contributed by atoms with Crippen LogP contribution in [0.25, 0.3) is 0 Å². The van der Waals surface area contributed by atoms with Gasteiger partial charge in [-0.05, 0) is 30.5 Å². The molecule has 1 unspecified atom stereocenters. The van der Waals surface area contributed by atoms with E-state index in [1.165, 1.54) is 12.1 Å². The normalized spacial score (nSPS) is 20.4. The van der Waals surface area contributed by atoms with E-state index in [0.717, 1.165) is 12.5 Å². The minimum atomic E-state index is -0.594. The molecule has 0 aliphatic carbocycles. The van der Waals surface area contributed by atoms with Crippen molar-refractivity contribution in [2.45, 2.75) is 12.8 Å². The molecule has 1 aromatic carbocycles. The van der Waals surface area contributed by atoms with E-state index in [0.29, 0.717) is 18.5 Å². The summed E-state index contributed by atoms with van der Waals surface area (Å²) in [7, 11) is 0. The fraction of sp³-hybridized carbons (Fsp3) is 0.364. The molecule has 2 rings (SSSR count). The minimum Gasteiger partial charge on any atom is -0.356 e. The second kappa shape index (κ2) is 3.96. The Bertz CT molecular complexity index is 372. The average Bonchev–Trinajstić information content (AvgIpc) is 2.50. The molecule has 4 heteroatoms. The van der Waals surface area contributed by atoms with Gasteiger partial charge in [-0.15, -0.1) is 0 Å². The van der Waals surface area contributed by atoms with Crippen molar-refractivity contribution in [1.29, 1.82) is 0 Å². The molecular weight excluding hydrogens is 200 g/mol. The third kappa shape index (κ3) is 2.32. The smallest absolute Gasteiger partial charge is 0.223 e. The lowest BCUT2D eigenvalue weighted by molar-refractivity contribution is -0.122. The van der Waals surface area contributed by atoms with Crippen LogP contribution in [0.5, 0.6) is 0 Å². The number of rotatable bonds is 2. The Kier molecular flexibility index (Phi) is 2.66. The number of carbonyl (C=O) groups excluding carboxylic acids is 1. The van der Waals surface area contributed by atoms with E-state index in [9.17, 15) is 13.6 Å². The summed E-state index contributed by atoms with van der Waals surface area (Å²) < 4.78 is 25.7. The molecule has 15 heavy (non-hydrogen) atoms. The summed E-state index contributed by atoms with van der Waals surface area (Å²) in [5.74, 6) is -1.36. The molecule has 80 valence electrons. The Morgan fingerprint density at radius 3 is 2.47 bits per heavy atom. The molecule has 1 fully saturated rings. The van der Waals surface area contributed by atoms with Crippen molar-refractivity contribution in [3.05, 3.63) is 35.4 Å². The van der Waals surface area contributed by atoms with Crippen molar-refractivity contribution in [3.63, 3.8) is 0 Å². The fourth-order valence-corrected chi connectivity index (χ4v) is 1.85. The Labute approximate surface area is 86.3 Å². The van der Waals surface area contributed by atoms with Crippen molar-refractivity contribution < 1.29 is 13.6 Å². The van der Waals surface area contributed by atoms with Crippen LogP contribution in [0.1, 0.15) is 12.0 Å². The van der Waals surface area contributed by atoms with E-state index < -0.39 is 11.6 Å². The fourth-order valence-electron chi connectivity index (χ4n) is 1.85. The maximum atomic E-state index is 12.9. The van der Waals surface area contributed by atoms with Gasteiger partial charge in [0, 0.05) is 18.5 Å². The summed E-state index contributed by atoms with van der Waals surface area (Å²) in [4.78, 5) is 11.2. The summed E-state index contributed by atoms with van der Waals surface area (Å²) in [6.07, 6.45) is 1.14. The molecule has 0 spiro atoms. The summed E-state index contributed by atoms with van der Waals surface area (Å²) in [6.45, 7) is 0.654. The highest BCUT2D eigenvalue weighted by molar-refractivity contribution is 5.80. The van der Waals surface area contributed by atoms with E-state index in [-0.39, 0.29) is 11.8 Å². The molecule has 1 aromatic rings. The molecule has 0 saturated carbocycles. The van der Waals surface area contributed by atoms with Crippen LogP contribution < -0.4 is 5.32 Å². The van der Waals surface area contributed by atoms with Crippen LogP contribution >= 0.6 is 0 Å². The molecule has 1 N–H and O–H groups in total. The Morgan fingerprint density at radius 2 is 1.93 bits per heavy atom. The van der Waals surface area contributed by atoms with Crippen LogP contribution in [-0.2, 0) is 11.2 Å². The van der Waals surface area contributed by atoms with Crippen molar-refractivity contribution in [2.24, 2.45) is 5.92 Å². The van der Waals surface area contributed by atoms with Crippen LogP contribution in [0, 0.1) is 17.6 Å². The molecule has 1 heterocycles. The number of carbonyl (C=O) groups is 1. The first-order chi connectivity index (χ1) is 7.15. The number of nitrogens with one attached hydrogen (secondary N) is 1. The second-order valence-corrected chi connectivity index (χ2v) is 3.76. The van der Waals surface area contributed by atoms with Crippen molar-refractivity contribution in [2.75, 3.05) is 6.54 Å². The van der Waals surface area contributed by atoms with E-state index in [2.05, 4.69) is 5.32 Å². The second-order valence-electron chi connectivity index (χ2n) is 3.76. The standard InChI is InChI=1S/C11H11F2NO/c12-9-4-7(5-10(13)6-9)3-8-1-2-14-11(8)15/h4-6,8H,1-3H2,(H,14,15). The van der Waals surface area contributed by atoms with E-state index in [1.807, 2.05) is 0 Å². The van der Waals surface area contributed by atoms with Crippen molar-refractivity contribution in [1.82, 2.24) is 5.32 Å². The third-order valence-corrected chi connectivity index (χ3v) is 2.57. The molecule has 1 aliphatic rings. The van der Waals surface area contributed by atoms with Crippen LogP contribution in [0.4, 0.5) is 8.78 Å². The highest BCUT2D eigenvalue weighted by atomic mass is 19.1. The van der Waals surface area contributed by atoms with Crippen LogP contribution in [-0.4, -0.2) is 12.5 Å². The Hall–Kier alpha value is -1.45. The monoisotopic (exact) mass is 211 g/mol. The third-order valence-electron chi connectivity index (χ3n) is 2.57. The van der Waals surface area contributed by atoms with E-state index >= 15 is 0 Å². The van der Waals surface area contributed by atoms with Gasteiger partial charge in [-0.25, -0.2) is 8.78 Å². The van der Waals surface area contributed by atoms with Gasteiger partial charge in [-0.1, -0.05) is 0 Å². The predicted octanol–water partition coefficient (Wildman–Crippen LogP) is 1.64. The lowest BCUT2D eigenvalue weighted by atomic mass is 9.98. The molecule has 1 atom stereocenters. The zero-order chi connectivity index (χ0) is 10.8. The van der Waals surface area contributed by atoms with Gasteiger partial charge in [0.1, 0.15) is 11.6 Å². The Balaban J connectivity index is 2.13. The van der Waals surface area contributed by atoms with Gasteiger partial charge in [-0.3, -0.25) is 4.79 Å². The number of hydrogen-bond donors (Lipinski definition) is 1. The van der Waals surface area contributed by atoms with Gasteiger partial charge in [0.05, 0.1) is 0 Å². The first kappa shape index (κ1) is 10.1. The van der Waals surface area contributed by atoms with Gasteiger partial charge in [0.2, 0.25) is 5.91 Å². The number of halogens is 2. The van der Waals surface area contributed by atoms with Gasteiger partial charge >= 0.3 is 0 Å². The summed E-state index contributed by atoms with van der Waals surface area (Å²) in [6, 6.07) is 3.38. The zero-order valence-corrected chi connectivity index (χ0v) is 8.09. The molecule has 1 amide bonds. The summed E-state index contributed by atoms with van der Waals surface area (Å²) in [5.41, 5.74) is 0.537. The number of benzene rings is 1. The molecule has 0 radical (unpaired) electrons. The highest BCUT2D eigenvalue weighted by Crippen LogP contribution is 2.18. The average molecular weight is 211 g/mol. The number of amides is 1. The first-order valence-electron chi connectivity index (χ1n) is 4.88. The molecule has 2 nitrogen and oxygen atoms in total. The van der Waals surface area contributed by atoms with E-state index in [4.69, 9.17) is 0 Å². The molecule has 1 saturated heterocycles. The SMILES string of the molecule is O=C1NCCC1Cc1cc(F)cc(F)c1. The quantitative estimate of drug-likeness (QED) is 0.791. The zero-order valence-electron chi connectivity index (χ0n) is 8.09. The maximum absolute atomic E-state index is 12.9.